The van der Waals surface area contributed by atoms with Gasteiger partial charge in [-0.2, -0.15) is 11.8 Å². The van der Waals surface area contributed by atoms with Gasteiger partial charge in [0.15, 0.2) is 0 Å². The summed E-state index contributed by atoms with van der Waals surface area (Å²) in [6.07, 6.45) is 5.12. The van der Waals surface area contributed by atoms with Crippen molar-refractivity contribution < 1.29 is 9.90 Å². The van der Waals surface area contributed by atoms with E-state index < -0.39 is 0 Å². The van der Waals surface area contributed by atoms with Gasteiger partial charge < -0.3 is 10.4 Å². The van der Waals surface area contributed by atoms with E-state index in [0.717, 1.165) is 30.6 Å². The van der Waals surface area contributed by atoms with Crippen LogP contribution in [0.25, 0.3) is 0 Å². The van der Waals surface area contributed by atoms with Crippen LogP contribution < -0.4 is 5.32 Å². The summed E-state index contributed by atoms with van der Waals surface area (Å²) in [5.41, 5.74) is 1.89. The molecule has 2 atom stereocenters. The molecule has 0 heterocycles. The van der Waals surface area contributed by atoms with E-state index in [1.807, 2.05) is 24.3 Å². The Morgan fingerprint density at radius 2 is 2.32 bits per heavy atom. The molecule has 0 spiro atoms. The highest BCUT2D eigenvalue weighted by Crippen LogP contribution is 2.25. The number of benzene rings is 1. The Bertz CT molecular complexity index is 436. The molecule has 0 saturated heterocycles. The van der Waals surface area contributed by atoms with Crippen molar-refractivity contribution in [3.8, 4) is 0 Å². The molecule has 2 rings (SSSR count). The molecule has 1 fully saturated rings. The lowest BCUT2D eigenvalue weighted by Gasteiger charge is -2.19. The Hall–Kier alpha value is -1.00. The number of carbonyl (C=O) groups is 1. The van der Waals surface area contributed by atoms with Crippen molar-refractivity contribution >= 4 is 17.7 Å². The van der Waals surface area contributed by atoms with Gasteiger partial charge in [-0.1, -0.05) is 18.6 Å². The standard InChI is InChI=1S/C15H21NO2S/c1-19-10-11-4-2-5-12(8-11)15(18)16-14-7-3-6-13(14)9-17/h2,4-5,8,13-14,17H,3,6-7,9-10H2,1H3,(H,16,18). The summed E-state index contributed by atoms with van der Waals surface area (Å²) >= 11 is 1.75. The zero-order valence-electron chi connectivity index (χ0n) is 11.3. The maximum atomic E-state index is 12.2. The van der Waals surface area contributed by atoms with Gasteiger partial charge in [-0.15, -0.1) is 0 Å². The van der Waals surface area contributed by atoms with E-state index in [4.69, 9.17) is 0 Å². The van der Waals surface area contributed by atoms with E-state index in [1.54, 1.807) is 11.8 Å². The first-order chi connectivity index (χ1) is 9.24. The summed E-state index contributed by atoms with van der Waals surface area (Å²) in [6, 6.07) is 7.90. The molecule has 1 aromatic carbocycles. The van der Waals surface area contributed by atoms with E-state index in [1.165, 1.54) is 5.56 Å². The summed E-state index contributed by atoms with van der Waals surface area (Å²) in [7, 11) is 0. The molecule has 0 bridgehead atoms. The Balaban J connectivity index is 2.01. The Kier molecular flexibility index (Phi) is 5.28. The van der Waals surface area contributed by atoms with Crippen molar-refractivity contribution in [2.24, 2.45) is 5.92 Å². The summed E-state index contributed by atoms with van der Waals surface area (Å²) in [6.45, 7) is 0.164. The van der Waals surface area contributed by atoms with Crippen molar-refractivity contribution in [1.82, 2.24) is 5.32 Å². The highest BCUT2D eigenvalue weighted by Gasteiger charge is 2.28. The SMILES string of the molecule is CSCc1cccc(C(=O)NC2CCCC2CO)c1. The molecule has 1 amide bonds. The molecule has 0 aliphatic heterocycles. The molecule has 1 aromatic rings. The van der Waals surface area contributed by atoms with E-state index >= 15 is 0 Å². The highest BCUT2D eigenvalue weighted by atomic mass is 32.2. The molecule has 2 unspecified atom stereocenters. The van der Waals surface area contributed by atoms with E-state index in [9.17, 15) is 9.90 Å². The van der Waals surface area contributed by atoms with Gasteiger partial charge in [0, 0.05) is 29.9 Å². The van der Waals surface area contributed by atoms with Crippen molar-refractivity contribution in [2.45, 2.75) is 31.1 Å². The lowest BCUT2D eigenvalue weighted by atomic mass is 10.0. The summed E-state index contributed by atoms with van der Waals surface area (Å²) in [5, 5.41) is 12.3. The first-order valence-electron chi connectivity index (χ1n) is 6.74. The predicted molar refractivity (Wildman–Crippen MR) is 79.3 cm³/mol. The number of rotatable bonds is 5. The van der Waals surface area contributed by atoms with E-state index in [0.29, 0.717) is 0 Å². The lowest BCUT2D eigenvalue weighted by Crippen LogP contribution is -2.38. The van der Waals surface area contributed by atoms with Crippen LogP contribution in [0.1, 0.15) is 35.2 Å². The summed E-state index contributed by atoms with van der Waals surface area (Å²) in [5.74, 6) is 1.12. The van der Waals surface area contributed by atoms with Crippen molar-refractivity contribution in [1.29, 1.82) is 0 Å². The minimum absolute atomic E-state index is 0.0201. The van der Waals surface area contributed by atoms with Crippen LogP contribution in [-0.2, 0) is 5.75 Å². The van der Waals surface area contributed by atoms with Crippen LogP contribution in [0.2, 0.25) is 0 Å². The highest BCUT2D eigenvalue weighted by molar-refractivity contribution is 7.97. The molecular weight excluding hydrogens is 258 g/mol. The van der Waals surface area contributed by atoms with Crippen molar-refractivity contribution in [3.63, 3.8) is 0 Å². The molecule has 3 nitrogen and oxygen atoms in total. The van der Waals surface area contributed by atoms with Gasteiger partial charge in [0.1, 0.15) is 0 Å². The second-order valence-electron chi connectivity index (χ2n) is 5.09. The van der Waals surface area contributed by atoms with Gasteiger partial charge >= 0.3 is 0 Å². The minimum atomic E-state index is -0.0201. The van der Waals surface area contributed by atoms with Crippen LogP contribution in [0.4, 0.5) is 0 Å². The molecule has 104 valence electrons. The fraction of sp³-hybridized carbons (Fsp3) is 0.533. The summed E-state index contributed by atoms with van der Waals surface area (Å²) < 4.78 is 0. The molecule has 1 aliphatic rings. The second-order valence-corrected chi connectivity index (χ2v) is 5.95. The number of hydrogen-bond acceptors (Lipinski definition) is 3. The van der Waals surface area contributed by atoms with Gasteiger partial charge in [0.2, 0.25) is 0 Å². The number of carbonyl (C=O) groups excluding carboxylic acids is 1. The molecule has 19 heavy (non-hydrogen) atoms. The van der Waals surface area contributed by atoms with Gasteiger partial charge in [-0.3, -0.25) is 4.79 Å². The van der Waals surface area contributed by atoms with Crippen LogP contribution in [-0.4, -0.2) is 29.9 Å². The quantitative estimate of drug-likeness (QED) is 0.870. The largest absolute Gasteiger partial charge is 0.396 e. The monoisotopic (exact) mass is 279 g/mol. The molecule has 0 aromatic heterocycles. The fourth-order valence-corrected chi connectivity index (χ4v) is 3.18. The van der Waals surface area contributed by atoms with Crippen LogP contribution >= 0.6 is 11.8 Å². The number of aliphatic hydroxyl groups excluding tert-OH is 1. The predicted octanol–water partition coefficient (Wildman–Crippen LogP) is 2.44. The maximum Gasteiger partial charge on any atom is 0.251 e. The van der Waals surface area contributed by atoms with Gasteiger partial charge in [-0.25, -0.2) is 0 Å². The van der Waals surface area contributed by atoms with Gasteiger partial charge in [0.05, 0.1) is 0 Å². The third kappa shape index (κ3) is 3.74. The number of aliphatic hydroxyl groups is 1. The van der Waals surface area contributed by atoms with Gasteiger partial charge in [-0.05, 0) is 36.8 Å². The summed E-state index contributed by atoms with van der Waals surface area (Å²) in [4.78, 5) is 12.2. The zero-order valence-corrected chi connectivity index (χ0v) is 12.1. The van der Waals surface area contributed by atoms with Crippen molar-refractivity contribution in [2.75, 3.05) is 12.9 Å². The number of amides is 1. The van der Waals surface area contributed by atoms with Crippen LogP contribution in [0.5, 0.6) is 0 Å². The Morgan fingerprint density at radius 3 is 3.05 bits per heavy atom. The Morgan fingerprint density at radius 1 is 1.47 bits per heavy atom. The van der Waals surface area contributed by atoms with Crippen LogP contribution in [0.3, 0.4) is 0 Å². The molecule has 1 aliphatic carbocycles. The topological polar surface area (TPSA) is 49.3 Å². The Labute approximate surface area is 118 Å². The fourth-order valence-electron chi connectivity index (χ4n) is 2.67. The molecule has 0 radical (unpaired) electrons. The zero-order chi connectivity index (χ0) is 13.7. The first kappa shape index (κ1) is 14.4. The van der Waals surface area contributed by atoms with E-state index in [2.05, 4.69) is 11.6 Å². The van der Waals surface area contributed by atoms with Crippen LogP contribution in [0, 0.1) is 5.92 Å². The maximum absolute atomic E-state index is 12.2. The molecule has 1 saturated carbocycles. The first-order valence-corrected chi connectivity index (χ1v) is 8.13. The second kappa shape index (κ2) is 6.96. The number of nitrogens with one attached hydrogen (secondary N) is 1. The van der Waals surface area contributed by atoms with Crippen LogP contribution in [0.15, 0.2) is 24.3 Å². The third-order valence-electron chi connectivity index (χ3n) is 3.71. The van der Waals surface area contributed by atoms with E-state index in [-0.39, 0.29) is 24.5 Å². The smallest absolute Gasteiger partial charge is 0.251 e. The molecule has 4 heteroatoms. The molecule has 2 N–H and O–H groups in total. The van der Waals surface area contributed by atoms with Crippen molar-refractivity contribution in [3.05, 3.63) is 35.4 Å². The number of thioether (sulfide) groups is 1. The number of hydrogen-bond donors (Lipinski definition) is 2. The normalized spacial score (nSPS) is 22.4. The minimum Gasteiger partial charge on any atom is -0.396 e. The molecular formula is C15H21NO2S. The lowest BCUT2D eigenvalue weighted by molar-refractivity contribution is 0.0916. The average molecular weight is 279 g/mol. The average Bonchev–Trinajstić information content (AvgIpc) is 2.86. The third-order valence-corrected chi connectivity index (χ3v) is 4.33. The van der Waals surface area contributed by atoms with Gasteiger partial charge in [0.25, 0.3) is 5.91 Å².